The summed E-state index contributed by atoms with van der Waals surface area (Å²) in [5.74, 6) is 0.187. The molecule has 0 radical (unpaired) electrons. The van der Waals surface area contributed by atoms with Gasteiger partial charge in [0.05, 0.1) is 12.5 Å². The van der Waals surface area contributed by atoms with E-state index in [4.69, 9.17) is 0 Å². The van der Waals surface area contributed by atoms with Crippen LogP contribution in [-0.4, -0.2) is 41.0 Å². The predicted octanol–water partition coefficient (Wildman–Crippen LogP) is 2.59. The molecule has 1 aliphatic heterocycles. The van der Waals surface area contributed by atoms with Gasteiger partial charge in [0.15, 0.2) is 0 Å². The van der Waals surface area contributed by atoms with Gasteiger partial charge in [0, 0.05) is 24.7 Å². The van der Waals surface area contributed by atoms with Crippen molar-refractivity contribution in [3.05, 3.63) is 29.8 Å². The first-order chi connectivity index (χ1) is 11.5. The summed E-state index contributed by atoms with van der Waals surface area (Å²) in [5, 5.41) is 12.4. The van der Waals surface area contributed by atoms with Crippen molar-refractivity contribution in [3.8, 4) is 0 Å². The minimum Gasteiger partial charge on any atom is -0.393 e. The smallest absolute Gasteiger partial charge is 0.227 e. The Morgan fingerprint density at radius 1 is 1.17 bits per heavy atom. The minimum absolute atomic E-state index is 0.0423. The molecule has 24 heavy (non-hydrogen) atoms. The second kappa shape index (κ2) is 8.83. The fraction of sp³-hybridized carbons (Fsp3) is 0.579. The number of piperidine rings is 1. The average Bonchev–Trinajstić information content (AvgIpc) is 2.58. The van der Waals surface area contributed by atoms with Crippen LogP contribution in [0.4, 0.5) is 5.69 Å². The molecule has 1 heterocycles. The Balaban J connectivity index is 1.87. The lowest BCUT2D eigenvalue weighted by Gasteiger charge is -2.29. The number of aliphatic hydroxyl groups excluding tert-OH is 1. The van der Waals surface area contributed by atoms with Crippen LogP contribution in [0.15, 0.2) is 24.3 Å². The van der Waals surface area contributed by atoms with Crippen LogP contribution in [0.2, 0.25) is 0 Å². The highest BCUT2D eigenvalue weighted by Gasteiger charge is 2.21. The first-order valence-corrected chi connectivity index (χ1v) is 8.89. The fourth-order valence-electron chi connectivity index (χ4n) is 3.01. The zero-order valence-electron chi connectivity index (χ0n) is 14.6. The van der Waals surface area contributed by atoms with Crippen LogP contribution in [0, 0.1) is 5.92 Å². The first kappa shape index (κ1) is 18.5. The number of rotatable bonds is 6. The Kier molecular flexibility index (Phi) is 6.79. The molecule has 0 aliphatic carbocycles. The lowest BCUT2D eigenvalue weighted by molar-refractivity contribution is -0.132. The molecular weight excluding hydrogens is 304 g/mol. The highest BCUT2D eigenvalue weighted by atomic mass is 16.3. The molecule has 2 rings (SSSR count). The summed E-state index contributed by atoms with van der Waals surface area (Å²) in [6.45, 7) is 5.29. The van der Waals surface area contributed by atoms with E-state index in [1.807, 2.05) is 43.0 Å². The number of likely N-dealkylation sites (tertiary alicyclic amines) is 1. The number of carbonyl (C=O) groups excluding carboxylic acids is 2. The van der Waals surface area contributed by atoms with Gasteiger partial charge in [-0.2, -0.15) is 0 Å². The number of benzene rings is 1. The SMILES string of the molecule is CCC(CC)C(=O)Nc1ccc(CC(=O)N2CCC(O)CC2)cc1. The maximum atomic E-state index is 12.3. The molecular formula is C19H28N2O3. The van der Waals surface area contributed by atoms with Crippen LogP contribution in [0.25, 0.3) is 0 Å². The first-order valence-electron chi connectivity index (χ1n) is 8.89. The summed E-state index contributed by atoms with van der Waals surface area (Å²) in [7, 11) is 0. The van der Waals surface area contributed by atoms with Crippen molar-refractivity contribution in [2.45, 2.75) is 52.1 Å². The van der Waals surface area contributed by atoms with Gasteiger partial charge in [0.1, 0.15) is 0 Å². The summed E-state index contributed by atoms with van der Waals surface area (Å²) in [5.41, 5.74) is 1.70. The van der Waals surface area contributed by atoms with Gasteiger partial charge in [-0.15, -0.1) is 0 Å². The maximum Gasteiger partial charge on any atom is 0.227 e. The molecule has 0 aromatic heterocycles. The molecule has 2 amide bonds. The summed E-state index contributed by atoms with van der Waals surface area (Å²) in [6, 6.07) is 7.48. The number of aliphatic hydroxyl groups is 1. The molecule has 0 unspecified atom stereocenters. The third kappa shape index (κ3) is 5.06. The van der Waals surface area contributed by atoms with E-state index in [0.717, 1.165) is 24.1 Å². The largest absolute Gasteiger partial charge is 0.393 e. The number of amides is 2. The van der Waals surface area contributed by atoms with Gasteiger partial charge in [0.2, 0.25) is 11.8 Å². The van der Waals surface area contributed by atoms with Crippen LogP contribution in [0.5, 0.6) is 0 Å². The fourth-order valence-corrected chi connectivity index (χ4v) is 3.01. The number of hydrogen-bond donors (Lipinski definition) is 2. The maximum absolute atomic E-state index is 12.3. The molecule has 5 nitrogen and oxygen atoms in total. The van der Waals surface area contributed by atoms with Crippen molar-refractivity contribution >= 4 is 17.5 Å². The Labute approximate surface area is 144 Å². The lowest BCUT2D eigenvalue weighted by Crippen LogP contribution is -2.40. The van der Waals surface area contributed by atoms with Crippen LogP contribution < -0.4 is 5.32 Å². The Bertz CT molecular complexity index is 544. The molecule has 0 bridgehead atoms. The number of nitrogens with one attached hydrogen (secondary N) is 1. The standard InChI is InChI=1S/C19H28N2O3/c1-3-15(4-2)19(24)20-16-7-5-14(6-8-16)13-18(23)21-11-9-17(22)10-12-21/h5-8,15,17,22H,3-4,9-13H2,1-2H3,(H,20,24). The zero-order chi connectivity index (χ0) is 17.5. The summed E-state index contributed by atoms with van der Waals surface area (Å²) >= 11 is 0. The van der Waals surface area contributed by atoms with Gasteiger partial charge < -0.3 is 15.3 Å². The van der Waals surface area contributed by atoms with E-state index in [9.17, 15) is 14.7 Å². The normalized spacial score (nSPS) is 15.6. The number of anilines is 1. The van der Waals surface area contributed by atoms with E-state index >= 15 is 0 Å². The molecule has 1 aromatic carbocycles. The van der Waals surface area contributed by atoms with Crippen LogP contribution in [-0.2, 0) is 16.0 Å². The second-order valence-corrected chi connectivity index (χ2v) is 6.49. The van der Waals surface area contributed by atoms with Crippen LogP contribution in [0.1, 0.15) is 45.1 Å². The van der Waals surface area contributed by atoms with Gasteiger partial charge >= 0.3 is 0 Å². The van der Waals surface area contributed by atoms with E-state index in [1.165, 1.54) is 0 Å². The molecule has 0 atom stereocenters. The summed E-state index contributed by atoms with van der Waals surface area (Å²) < 4.78 is 0. The third-order valence-electron chi connectivity index (χ3n) is 4.75. The van der Waals surface area contributed by atoms with Gasteiger partial charge in [-0.25, -0.2) is 0 Å². The van der Waals surface area contributed by atoms with E-state index in [-0.39, 0.29) is 23.8 Å². The molecule has 0 saturated carbocycles. The number of nitrogens with zero attached hydrogens (tertiary/aromatic N) is 1. The Hall–Kier alpha value is -1.88. The number of carbonyl (C=O) groups is 2. The molecule has 1 saturated heterocycles. The van der Waals surface area contributed by atoms with Crippen molar-refractivity contribution < 1.29 is 14.7 Å². The molecule has 1 aliphatic rings. The Morgan fingerprint density at radius 3 is 2.29 bits per heavy atom. The molecule has 2 N–H and O–H groups in total. The second-order valence-electron chi connectivity index (χ2n) is 6.49. The Morgan fingerprint density at radius 2 is 1.75 bits per heavy atom. The molecule has 1 aromatic rings. The predicted molar refractivity (Wildman–Crippen MR) is 94.7 cm³/mol. The lowest BCUT2D eigenvalue weighted by atomic mass is 10.0. The van der Waals surface area contributed by atoms with E-state index in [0.29, 0.717) is 32.4 Å². The van der Waals surface area contributed by atoms with Gasteiger partial charge in [-0.1, -0.05) is 26.0 Å². The number of hydrogen-bond acceptors (Lipinski definition) is 3. The van der Waals surface area contributed by atoms with E-state index < -0.39 is 0 Å². The monoisotopic (exact) mass is 332 g/mol. The van der Waals surface area contributed by atoms with E-state index in [2.05, 4.69) is 5.32 Å². The van der Waals surface area contributed by atoms with Crippen LogP contribution in [0.3, 0.4) is 0 Å². The average molecular weight is 332 g/mol. The van der Waals surface area contributed by atoms with E-state index in [1.54, 1.807) is 0 Å². The quantitative estimate of drug-likeness (QED) is 0.841. The van der Waals surface area contributed by atoms with Crippen molar-refractivity contribution in [2.24, 2.45) is 5.92 Å². The zero-order valence-corrected chi connectivity index (χ0v) is 14.6. The van der Waals surface area contributed by atoms with Gasteiger partial charge in [0.25, 0.3) is 0 Å². The van der Waals surface area contributed by atoms with Gasteiger partial charge in [-0.05, 0) is 43.4 Å². The molecule has 5 heteroatoms. The third-order valence-corrected chi connectivity index (χ3v) is 4.75. The summed E-state index contributed by atoms with van der Waals surface area (Å²) in [6.07, 6.45) is 3.07. The highest BCUT2D eigenvalue weighted by molar-refractivity contribution is 5.92. The minimum atomic E-state index is -0.271. The van der Waals surface area contributed by atoms with Crippen molar-refractivity contribution in [3.63, 3.8) is 0 Å². The van der Waals surface area contributed by atoms with Crippen molar-refractivity contribution in [1.82, 2.24) is 4.90 Å². The molecule has 0 spiro atoms. The highest BCUT2D eigenvalue weighted by Crippen LogP contribution is 2.16. The molecule has 132 valence electrons. The summed E-state index contributed by atoms with van der Waals surface area (Å²) in [4.78, 5) is 26.2. The van der Waals surface area contributed by atoms with Crippen molar-refractivity contribution in [2.75, 3.05) is 18.4 Å². The van der Waals surface area contributed by atoms with Gasteiger partial charge in [-0.3, -0.25) is 9.59 Å². The van der Waals surface area contributed by atoms with Crippen molar-refractivity contribution in [1.29, 1.82) is 0 Å². The topological polar surface area (TPSA) is 69.6 Å². The molecule has 1 fully saturated rings. The van der Waals surface area contributed by atoms with Crippen LogP contribution >= 0.6 is 0 Å².